The van der Waals surface area contributed by atoms with Crippen LogP contribution in [0.3, 0.4) is 0 Å². The van der Waals surface area contributed by atoms with Crippen LogP contribution in [-0.2, 0) is 14.3 Å². The van der Waals surface area contributed by atoms with Crippen LogP contribution in [-0.4, -0.2) is 30.9 Å². The molecular formula is C14H25NO3. The maximum absolute atomic E-state index is 12.0. The number of Topliss-reactive ketones (excluding diaryl/α,β-unsaturated/α-hetero) is 1. The Kier molecular flexibility index (Phi) is 5.32. The first-order valence-corrected chi connectivity index (χ1v) is 6.68. The van der Waals surface area contributed by atoms with Crippen LogP contribution in [0, 0.1) is 11.3 Å². The molecule has 1 heterocycles. The molecule has 0 spiro atoms. The van der Waals surface area contributed by atoms with Gasteiger partial charge in [-0.3, -0.25) is 9.59 Å². The van der Waals surface area contributed by atoms with Crippen LogP contribution in [0.4, 0.5) is 0 Å². The molecule has 18 heavy (non-hydrogen) atoms. The first-order chi connectivity index (χ1) is 8.30. The van der Waals surface area contributed by atoms with Gasteiger partial charge in [0.1, 0.15) is 0 Å². The lowest BCUT2D eigenvalue weighted by Crippen LogP contribution is -2.48. The van der Waals surface area contributed by atoms with Gasteiger partial charge in [0.05, 0.1) is 6.04 Å². The van der Waals surface area contributed by atoms with Crippen LogP contribution in [0.15, 0.2) is 0 Å². The van der Waals surface area contributed by atoms with E-state index in [9.17, 15) is 9.59 Å². The highest BCUT2D eigenvalue weighted by molar-refractivity contribution is 5.88. The van der Waals surface area contributed by atoms with Crippen molar-refractivity contribution in [2.24, 2.45) is 11.3 Å². The zero-order chi connectivity index (χ0) is 13.8. The van der Waals surface area contributed by atoms with Crippen molar-refractivity contribution >= 4 is 11.7 Å². The van der Waals surface area contributed by atoms with E-state index in [0.29, 0.717) is 12.3 Å². The summed E-state index contributed by atoms with van der Waals surface area (Å²) in [6, 6.07) is -0.398. The lowest BCUT2D eigenvalue weighted by molar-refractivity contribution is -0.130. The largest absolute Gasteiger partial charge is 0.381 e. The third-order valence-corrected chi connectivity index (χ3v) is 3.39. The van der Waals surface area contributed by atoms with E-state index < -0.39 is 6.04 Å². The van der Waals surface area contributed by atoms with Gasteiger partial charge < -0.3 is 10.1 Å². The molecule has 1 atom stereocenters. The molecule has 0 aromatic carbocycles. The Morgan fingerprint density at radius 2 is 1.83 bits per heavy atom. The van der Waals surface area contributed by atoms with Crippen molar-refractivity contribution in [1.82, 2.24) is 5.32 Å². The van der Waals surface area contributed by atoms with Gasteiger partial charge in [-0.05, 0) is 31.1 Å². The number of amides is 1. The summed E-state index contributed by atoms with van der Waals surface area (Å²) in [4.78, 5) is 23.6. The van der Waals surface area contributed by atoms with Crippen LogP contribution in [0.1, 0.15) is 47.0 Å². The molecule has 1 fully saturated rings. The zero-order valence-electron chi connectivity index (χ0n) is 11.9. The van der Waals surface area contributed by atoms with E-state index in [1.165, 1.54) is 6.92 Å². The van der Waals surface area contributed by atoms with Crippen LogP contribution in [0.5, 0.6) is 0 Å². The van der Waals surface area contributed by atoms with Crippen molar-refractivity contribution in [2.45, 2.75) is 53.0 Å². The third-order valence-electron chi connectivity index (χ3n) is 3.39. The standard InChI is InChI=1S/C14H25NO3/c1-10(16)13(14(2,3)4)15-12(17)9-11-5-7-18-8-6-11/h11,13H,5-9H2,1-4H3,(H,15,17). The molecule has 1 saturated heterocycles. The van der Waals surface area contributed by atoms with Crippen LogP contribution >= 0.6 is 0 Å². The fourth-order valence-electron chi connectivity index (χ4n) is 2.36. The fraction of sp³-hybridized carbons (Fsp3) is 0.857. The number of hydrogen-bond acceptors (Lipinski definition) is 3. The van der Waals surface area contributed by atoms with Crippen LogP contribution in [0.25, 0.3) is 0 Å². The normalized spacial score (nSPS) is 19.3. The van der Waals surface area contributed by atoms with E-state index >= 15 is 0 Å². The molecule has 0 saturated carbocycles. The molecular weight excluding hydrogens is 230 g/mol. The summed E-state index contributed by atoms with van der Waals surface area (Å²) in [5.41, 5.74) is -0.239. The highest BCUT2D eigenvalue weighted by atomic mass is 16.5. The van der Waals surface area contributed by atoms with Gasteiger partial charge in [-0.1, -0.05) is 20.8 Å². The number of hydrogen-bond donors (Lipinski definition) is 1. The van der Waals surface area contributed by atoms with Crippen molar-refractivity contribution in [3.8, 4) is 0 Å². The predicted octanol–water partition coefficient (Wildman–Crippen LogP) is 1.92. The summed E-state index contributed by atoms with van der Waals surface area (Å²) in [7, 11) is 0. The number of ether oxygens (including phenoxy) is 1. The van der Waals surface area contributed by atoms with Gasteiger partial charge in [-0.2, -0.15) is 0 Å². The Bertz CT molecular complexity index is 301. The second-order valence-electron chi connectivity index (χ2n) is 6.24. The molecule has 1 rings (SSSR count). The monoisotopic (exact) mass is 255 g/mol. The van der Waals surface area contributed by atoms with E-state index in [0.717, 1.165) is 26.1 Å². The van der Waals surface area contributed by atoms with E-state index in [1.54, 1.807) is 0 Å². The molecule has 1 aliphatic heterocycles. The molecule has 0 aromatic rings. The van der Waals surface area contributed by atoms with Crippen LogP contribution in [0.2, 0.25) is 0 Å². The van der Waals surface area contributed by atoms with Gasteiger partial charge in [0.15, 0.2) is 5.78 Å². The Labute approximate surface area is 109 Å². The average Bonchev–Trinajstić information content (AvgIpc) is 2.25. The summed E-state index contributed by atoms with van der Waals surface area (Å²) in [5, 5.41) is 2.87. The molecule has 1 N–H and O–H groups in total. The minimum absolute atomic E-state index is 0.0165. The zero-order valence-corrected chi connectivity index (χ0v) is 11.9. The Morgan fingerprint density at radius 1 is 1.28 bits per heavy atom. The third kappa shape index (κ3) is 4.77. The Hall–Kier alpha value is -0.900. The first-order valence-electron chi connectivity index (χ1n) is 6.68. The Morgan fingerprint density at radius 3 is 2.28 bits per heavy atom. The number of ketones is 1. The van der Waals surface area contributed by atoms with Gasteiger partial charge in [-0.25, -0.2) is 0 Å². The predicted molar refractivity (Wildman–Crippen MR) is 70.2 cm³/mol. The average molecular weight is 255 g/mol. The van der Waals surface area contributed by atoms with Crippen molar-refractivity contribution in [3.05, 3.63) is 0 Å². The van der Waals surface area contributed by atoms with Crippen molar-refractivity contribution in [2.75, 3.05) is 13.2 Å². The summed E-state index contributed by atoms with van der Waals surface area (Å²) < 4.78 is 5.27. The smallest absolute Gasteiger partial charge is 0.220 e. The number of carbonyl (C=O) groups is 2. The molecule has 4 heteroatoms. The molecule has 0 aromatic heterocycles. The summed E-state index contributed by atoms with van der Waals surface area (Å²) >= 11 is 0. The molecule has 0 bridgehead atoms. The molecule has 1 aliphatic rings. The number of carbonyl (C=O) groups excluding carboxylic acids is 2. The highest BCUT2D eigenvalue weighted by Crippen LogP contribution is 2.22. The van der Waals surface area contributed by atoms with Gasteiger partial charge in [0, 0.05) is 19.6 Å². The Balaban J connectivity index is 2.48. The number of nitrogens with one attached hydrogen (secondary N) is 1. The minimum Gasteiger partial charge on any atom is -0.381 e. The maximum Gasteiger partial charge on any atom is 0.220 e. The van der Waals surface area contributed by atoms with E-state index in [4.69, 9.17) is 4.74 Å². The summed E-state index contributed by atoms with van der Waals surface area (Å²) in [6.45, 7) is 8.92. The summed E-state index contributed by atoms with van der Waals surface area (Å²) in [6.07, 6.45) is 2.38. The van der Waals surface area contributed by atoms with Gasteiger partial charge in [-0.15, -0.1) is 0 Å². The van der Waals surface area contributed by atoms with E-state index in [1.807, 2.05) is 20.8 Å². The molecule has 1 amide bonds. The van der Waals surface area contributed by atoms with Gasteiger partial charge >= 0.3 is 0 Å². The molecule has 1 unspecified atom stereocenters. The first kappa shape index (κ1) is 15.2. The molecule has 104 valence electrons. The molecule has 0 aliphatic carbocycles. The summed E-state index contributed by atoms with van der Waals surface area (Å²) in [5.74, 6) is 0.395. The van der Waals surface area contributed by atoms with Gasteiger partial charge in [0.25, 0.3) is 0 Å². The fourth-order valence-corrected chi connectivity index (χ4v) is 2.36. The second kappa shape index (κ2) is 6.32. The SMILES string of the molecule is CC(=O)C(NC(=O)CC1CCOCC1)C(C)(C)C. The van der Waals surface area contributed by atoms with Crippen molar-refractivity contribution in [1.29, 1.82) is 0 Å². The van der Waals surface area contributed by atoms with Crippen molar-refractivity contribution in [3.63, 3.8) is 0 Å². The van der Waals surface area contributed by atoms with E-state index in [2.05, 4.69) is 5.32 Å². The minimum atomic E-state index is -0.398. The highest BCUT2D eigenvalue weighted by Gasteiger charge is 2.30. The molecule has 4 nitrogen and oxygen atoms in total. The topological polar surface area (TPSA) is 55.4 Å². The molecule has 0 radical (unpaired) electrons. The van der Waals surface area contributed by atoms with Crippen molar-refractivity contribution < 1.29 is 14.3 Å². The van der Waals surface area contributed by atoms with Crippen LogP contribution < -0.4 is 5.32 Å². The lowest BCUT2D eigenvalue weighted by atomic mass is 9.84. The van der Waals surface area contributed by atoms with E-state index in [-0.39, 0.29) is 17.1 Å². The quantitative estimate of drug-likeness (QED) is 0.835. The number of rotatable bonds is 4. The lowest BCUT2D eigenvalue weighted by Gasteiger charge is -2.30. The maximum atomic E-state index is 12.0. The second-order valence-corrected chi connectivity index (χ2v) is 6.24. The van der Waals surface area contributed by atoms with Gasteiger partial charge in [0.2, 0.25) is 5.91 Å².